The number of rotatable bonds is 5. The Hall–Kier alpha value is -5.04. The van der Waals surface area contributed by atoms with Crippen LogP contribution in [0.4, 0.5) is 23.2 Å². The van der Waals surface area contributed by atoms with Gasteiger partial charge < -0.3 is 5.32 Å². The highest BCUT2D eigenvalue weighted by molar-refractivity contribution is 6.13. The fraction of sp³-hybridized carbons (Fsp3) is 0.103. The Morgan fingerprint density at radius 1 is 1.03 bits per heavy atom. The lowest BCUT2D eigenvalue weighted by molar-refractivity contribution is -0.140. The number of fused-ring (bicyclic) bond motifs is 1. The molecule has 0 aliphatic carbocycles. The van der Waals surface area contributed by atoms with Gasteiger partial charge in [-0.2, -0.15) is 23.5 Å². The van der Waals surface area contributed by atoms with Gasteiger partial charge in [0, 0.05) is 10.9 Å². The summed E-state index contributed by atoms with van der Waals surface area (Å²) in [6, 6.07) is 22.1. The molecule has 6 nitrogen and oxygen atoms in total. The van der Waals surface area contributed by atoms with Crippen LogP contribution in [-0.4, -0.2) is 20.7 Å². The topological polar surface area (TPSA) is 83.6 Å². The Bertz CT molecular complexity index is 1730. The van der Waals surface area contributed by atoms with E-state index in [-0.39, 0.29) is 17.8 Å². The Kier molecular flexibility index (Phi) is 6.58. The molecule has 3 aromatic carbocycles. The molecule has 5 rings (SSSR count). The maximum Gasteiger partial charge on any atom is 0.437 e. The molecule has 39 heavy (non-hydrogen) atoms. The van der Waals surface area contributed by atoms with E-state index in [1.165, 1.54) is 37.3 Å². The third kappa shape index (κ3) is 5.20. The van der Waals surface area contributed by atoms with E-state index in [1.807, 2.05) is 6.07 Å². The van der Waals surface area contributed by atoms with Crippen molar-refractivity contribution in [3.8, 4) is 17.3 Å². The molecule has 0 saturated carbocycles. The predicted molar refractivity (Wildman–Crippen MR) is 137 cm³/mol. The van der Waals surface area contributed by atoms with Gasteiger partial charge in [0.2, 0.25) is 0 Å². The minimum Gasteiger partial charge on any atom is -0.319 e. The lowest BCUT2D eigenvalue weighted by Gasteiger charge is -2.12. The number of amides is 1. The van der Waals surface area contributed by atoms with Gasteiger partial charge in [-0.15, -0.1) is 0 Å². The zero-order chi connectivity index (χ0) is 27.7. The van der Waals surface area contributed by atoms with Gasteiger partial charge in [0.05, 0.1) is 46.3 Å². The number of alkyl halides is 3. The first kappa shape index (κ1) is 25.6. The molecule has 5 aromatic rings. The fourth-order valence-electron chi connectivity index (χ4n) is 4.22. The van der Waals surface area contributed by atoms with Gasteiger partial charge in [-0.1, -0.05) is 30.3 Å². The number of hydrogen-bond acceptors (Lipinski definition) is 4. The van der Waals surface area contributed by atoms with Gasteiger partial charge in [-0.25, -0.2) is 9.37 Å². The number of aromatic nitrogens is 3. The van der Waals surface area contributed by atoms with Gasteiger partial charge in [0.25, 0.3) is 5.91 Å². The van der Waals surface area contributed by atoms with Crippen LogP contribution in [0.15, 0.2) is 78.9 Å². The zero-order valence-corrected chi connectivity index (χ0v) is 20.4. The molecular weight excluding hydrogens is 510 g/mol. The highest BCUT2D eigenvalue weighted by atomic mass is 19.4. The summed E-state index contributed by atoms with van der Waals surface area (Å²) >= 11 is 0. The van der Waals surface area contributed by atoms with E-state index in [0.717, 1.165) is 4.68 Å². The zero-order valence-electron chi connectivity index (χ0n) is 20.4. The molecule has 2 aromatic heterocycles. The number of carbonyl (C=O) groups is 1. The maximum atomic E-state index is 14.0. The number of halogens is 4. The van der Waals surface area contributed by atoms with E-state index in [1.54, 1.807) is 48.5 Å². The molecule has 0 radical (unpaired) electrons. The van der Waals surface area contributed by atoms with E-state index in [9.17, 15) is 22.4 Å². The molecule has 0 bridgehead atoms. The monoisotopic (exact) mass is 529 g/mol. The van der Waals surface area contributed by atoms with Crippen LogP contribution >= 0.6 is 0 Å². The second-order valence-corrected chi connectivity index (χ2v) is 8.81. The minimum atomic E-state index is -4.83. The quantitative estimate of drug-likeness (QED) is 0.256. The van der Waals surface area contributed by atoms with Crippen molar-refractivity contribution in [2.75, 3.05) is 5.32 Å². The van der Waals surface area contributed by atoms with Crippen LogP contribution in [0.3, 0.4) is 0 Å². The van der Waals surface area contributed by atoms with Crippen molar-refractivity contribution in [1.82, 2.24) is 14.8 Å². The van der Waals surface area contributed by atoms with E-state index in [0.29, 0.717) is 33.3 Å². The number of benzene rings is 3. The molecule has 0 unspecified atom stereocenters. The lowest BCUT2D eigenvalue weighted by Crippen LogP contribution is -2.17. The molecule has 0 saturated heterocycles. The van der Waals surface area contributed by atoms with Crippen LogP contribution in [0, 0.1) is 24.1 Å². The SMILES string of the molecule is Cc1c(NC(=O)c2cc(-c3ccc(F)cc3)nc3ccccc23)c(C(F)(F)F)nn1Cc1ccc(C#N)cc1. The number of anilines is 1. The summed E-state index contributed by atoms with van der Waals surface area (Å²) in [5.74, 6) is -1.21. The number of nitrogens with one attached hydrogen (secondary N) is 1. The van der Waals surface area contributed by atoms with Crippen molar-refractivity contribution < 1.29 is 22.4 Å². The van der Waals surface area contributed by atoms with Gasteiger partial charge in [0.1, 0.15) is 5.82 Å². The van der Waals surface area contributed by atoms with Crippen molar-refractivity contribution in [1.29, 1.82) is 5.26 Å². The molecule has 2 heterocycles. The van der Waals surface area contributed by atoms with Crippen LogP contribution < -0.4 is 5.32 Å². The molecule has 0 aliphatic rings. The Balaban J connectivity index is 1.55. The molecule has 0 spiro atoms. The second-order valence-electron chi connectivity index (χ2n) is 8.81. The van der Waals surface area contributed by atoms with Crippen LogP contribution in [0.25, 0.3) is 22.2 Å². The number of pyridine rings is 1. The number of carbonyl (C=O) groups excluding carboxylic acids is 1. The minimum absolute atomic E-state index is 0.00337. The smallest absolute Gasteiger partial charge is 0.319 e. The molecule has 10 heteroatoms. The summed E-state index contributed by atoms with van der Waals surface area (Å²) in [5.41, 5.74) is 0.948. The third-order valence-electron chi connectivity index (χ3n) is 6.23. The first-order valence-corrected chi connectivity index (χ1v) is 11.7. The molecule has 1 amide bonds. The number of nitrogens with zero attached hydrogens (tertiary/aromatic N) is 4. The van der Waals surface area contributed by atoms with Gasteiger partial charge in [0.15, 0.2) is 5.69 Å². The van der Waals surface area contributed by atoms with E-state index in [2.05, 4.69) is 15.4 Å². The highest BCUT2D eigenvalue weighted by Gasteiger charge is 2.39. The standard InChI is InChI=1S/C29H19F4N5O/c1-17-26(27(29(31,32)33)37-38(17)16-19-8-6-18(15-34)7-9-19)36-28(39)23-14-25(20-10-12-21(30)13-11-20)35-24-5-3-2-4-22(23)24/h2-14H,16H2,1H3,(H,36,39). The molecule has 1 N–H and O–H groups in total. The summed E-state index contributed by atoms with van der Waals surface area (Å²) in [5, 5.41) is 15.6. The number of para-hydroxylation sites is 1. The Morgan fingerprint density at radius 3 is 2.38 bits per heavy atom. The predicted octanol–water partition coefficient (Wildman–Crippen LogP) is 6.74. The molecule has 194 valence electrons. The lowest BCUT2D eigenvalue weighted by atomic mass is 10.0. The average Bonchev–Trinajstić information content (AvgIpc) is 3.23. The Labute approximate surface area is 220 Å². The third-order valence-corrected chi connectivity index (χ3v) is 6.23. The molecule has 0 atom stereocenters. The summed E-state index contributed by atoms with van der Waals surface area (Å²) in [6.07, 6.45) is -4.83. The van der Waals surface area contributed by atoms with Crippen molar-refractivity contribution in [2.24, 2.45) is 0 Å². The first-order chi connectivity index (χ1) is 18.6. The van der Waals surface area contributed by atoms with Crippen LogP contribution in [0.5, 0.6) is 0 Å². The Morgan fingerprint density at radius 2 is 1.72 bits per heavy atom. The maximum absolute atomic E-state index is 14.0. The van der Waals surface area contributed by atoms with Crippen molar-refractivity contribution >= 4 is 22.5 Å². The van der Waals surface area contributed by atoms with E-state index in [4.69, 9.17) is 5.26 Å². The van der Waals surface area contributed by atoms with Gasteiger partial charge >= 0.3 is 6.18 Å². The molecular formula is C29H19F4N5O. The highest BCUT2D eigenvalue weighted by Crippen LogP contribution is 2.37. The summed E-state index contributed by atoms with van der Waals surface area (Å²) < 4.78 is 56.6. The van der Waals surface area contributed by atoms with Crippen LogP contribution in [0.2, 0.25) is 0 Å². The summed E-state index contributed by atoms with van der Waals surface area (Å²) in [6.45, 7) is 1.44. The molecule has 0 aliphatic heterocycles. The van der Waals surface area contributed by atoms with Crippen molar-refractivity contribution in [3.05, 3.63) is 113 Å². The largest absolute Gasteiger partial charge is 0.437 e. The number of hydrogen-bond donors (Lipinski definition) is 1. The van der Waals surface area contributed by atoms with Gasteiger partial charge in [-0.3, -0.25) is 9.48 Å². The van der Waals surface area contributed by atoms with Crippen molar-refractivity contribution in [2.45, 2.75) is 19.6 Å². The molecule has 0 fully saturated rings. The fourth-order valence-corrected chi connectivity index (χ4v) is 4.22. The first-order valence-electron chi connectivity index (χ1n) is 11.7. The van der Waals surface area contributed by atoms with Gasteiger partial charge in [-0.05, 0) is 61.0 Å². The summed E-state index contributed by atoms with van der Waals surface area (Å²) in [4.78, 5) is 18.0. The van der Waals surface area contributed by atoms with Crippen molar-refractivity contribution in [3.63, 3.8) is 0 Å². The average molecular weight is 529 g/mol. The van der Waals surface area contributed by atoms with E-state index < -0.39 is 29.3 Å². The number of nitriles is 1. The second kappa shape index (κ2) is 10.0. The summed E-state index contributed by atoms with van der Waals surface area (Å²) in [7, 11) is 0. The van der Waals surface area contributed by atoms with Crippen LogP contribution in [0.1, 0.15) is 32.9 Å². The van der Waals surface area contributed by atoms with Crippen LogP contribution in [-0.2, 0) is 12.7 Å². The van der Waals surface area contributed by atoms with E-state index >= 15 is 0 Å². The normalized spacial score (nSPS) is 11.4.